The largest absolute Gasteiger partial charge is 0.479 e. The van der Waals surface area contributed by atoms with Crippen LogP contribution in [0, 0.1) is 0 Å². The van der Waals surface area contributed by atoms with Crippen LogP contribution in [-0.2, 0) is 9.59 Å². The van der Waals surface area contributed by atoms with Gasteiger partial charge in [-0.15, -0.1) is 0 Å². The van der Waals surface area contributed by atoms with Crippen LogP contribution in [0.2, 0.25) is 0 Å². The van der Waals surface area contributed by atoms with Gasteiger partial charge in [-0.3, -0.25) is 9.69 Å². The van der Waals surface area contributed by atoms with Gasteiger partial charge >= 0.3 is 5.97 Å². The topological polar surface area (TPSA) is 60.9 Å². The van der Waals surface area contributed by atoms with E-state index < -0.39 is 12.0 Å². The molecule has 0 saturated carbocycles. The summed E-state index contributed by atoms with van der Waals surface area (Å²) >= 11 is 0. The number of carbonyl (C=O) groups excluding carboxylic acids is 1. The van der Waals surface area contributed by atoms with Crippen molar-refractivity contribution in [3.8, 4) is 0 Å². The highest BCUT2D eigenvalue weighted by atomic mass is 16.4. The molecule has 23 heavy (non-hydrogen) atoms. The van der Waals surface area contributed by atoms with E-state index in [2.05, 4.69) is 29.2 Å². The van der Waals surface area contributed by atoms with Gasteiger partial charge < -0.3 is 10.0 Å². The number of hydrogen-bond acceptors (Lipinski definition) is 3. The third-order valence-corrected chi connectivity index (χ3v) is 4.75. The summed E-state index contributed by atoms with van der Waals surface area (Å²) in [5.41, 5.74) is 1.37. The van der Waals surface area contributed by atoms with Crippen LogP contribution in [0.5, 0.6) is 0 Å². The van der Waals surface area contributed by atoms with Gasteiger partial charge in [0, 0.05) is 6.54 Å². The molecule has 122 valence electrons. The quantitative estimate of drug-likeness (QED) is 0.860. The highest BCUT2D eigenvalue weighted by Gasteiger charge is 2.31. The zero-order valence-electron chi connectivity index (χ0n) is 13.1. The molecule has 1 aromatic carbocycles. The molecule has 0 bridgehead atoms. The molecule has 2 aliphatic rings. The average molecular weight is 314 g/mol. The third-order valence-electron chi connectivity index (χ3n) is 4.75. The predicted octanol–water partition coefficient (Wildman–Crippen LogP) is 1.72. The lowest BCUT2D eigenvalue weighted by Gasteiger charge is -2.33. The molecule has 0 aliphatic carbocycles. The molecule has 1 N–H and O–H groups in total. The molecule has 5 heteroatoms. The van der Waals surface area contributed by atoms with E-state index in [0.29, 0.717) is 19.0 Å². The van der Waals surface area contributed by atoms with Crippen LogP contribution in [0.15, 0.2) is 42.5 Å². The van der Waals surface area contributed by atoms with Crippen LogP contribution in [0.3, 0.4) is 0 Å². The minimum Gasteiger partial charge on any atom is -0.479 e. The number of aliphatic carboxylic acids is 1. The molecule has 1 aromatic rings. The van der Waals surface area contributed by atoms with E-state index in [9.17, 15) is 9.59 Å². The Morgan fingerprint density at radius 1 is 1.13 bits per heavy atom. The summed E-state index contributed by atoms with van der Waals surface area (Å²) in [5, 5.41) is 9.14. The molecule has 1 fully saturated rings. The number of carboxylic acid groups (broad SMARTS) is 1. The van der Waals surface area contributed by atoms with Crippen LogP contribution < -0.4 is 0 Å². The van der Waals surface area contributed by atoms with Crippen LogP contribution >= 0.6 is 0 Å². The van der Waals surface area contributed by atoms with Crippen molar-refractivity contribution < 1.29 is 14.7 Å². The maximum atomic E-state index is 12.4. The zero-order chi connectivity index (χ0) is 16.2. The van der Waals surface area contributed by atoms with Crippen molar-refractivity contribution in [3.63, 3.8) is 0 Å². The van der Waals surface area contributed by atoms with Gasteiger partial charge in [0.15, 0.2) is 0 Å². The van der Waals surface area contributed by atoms with Crippen molar-refractivity contribution in [1.82, 2.24) is 9.80 Å². The van der Waals surface area contributed by atoms with Crippen LogP contribution in [0.4, 0.5) is 0 Å². The van der Waals surface area contributed by atoms with E-state index in [1.54, 1.807) is 12.2 Å². The van der Waals surface area contributed by atoms with Crippen molar-refractivity contribution in [2.45, 2.75) is 24.8 Å². The SMILES string of the molecule is O=C(O)[C@@H]1C=CCN1C(=O)CN1CCC(c2ccccc2)CC1. The van der Waals surface area contributed by atoms with Gasteiger partial charge in [0.05, 0.1) is 6.54 Å². The number of likely N-dealkylation sites (tertiary alicyclic amines) is 1. The minimum atomic E-state index is -0.963. The average Bonchev–Trinajstić information content (AvgIpc) is 3.06. The summed E-state index contributed by atoms with van der Waals surface area (Å²) < 4.78 is 0. The van der Waals surface area contributed by atoms with E-state index >= 15 is 0 Å². The first-order valence-electron chi connectivity index (χ1n) is 8.11. The molecular formula is C18H22N2O3. The fourth-order valence-corrected chi connectivity index (χ4v) is 3.43. The fourth-order valence-electron chi connectivity index (χ4n) is 3.43. The number of benzene rings is 1. The third kappa shape index (κ3) is 3.62. The second-order valence-electron chi connectivity index (χ2n) is 6.22. The van der Waals surface area contributed by atoms with Gasteiger partial charge in [-0.1, -0.05) is 42.5 Å². The Bertz CT molecular complexity index is 592. The van der Waals surface area contributed by atoms with Gasteiger partial charge in [-0.25, -0.2) is 4.79 Å². The minimum absolute atomic E-state index is 0.0967. The molecule has 2 aliphatic heterocycles. The molecule has 0 aromatic heterocycles. The van der Waals surface area contributed by atoms with Crippen molar-refractivity contribution in [3.05, 3.63) is 48.0 Å². The van der Waals surface area contributed by atoms with Gasteiger partial charge in [-0.2, -0.15) is 0 Å². The van der Waals surface area contributed by atoms with Gasteiger partial charge in [0.2, 0.25) is 5.91 Å². The standard InChI is InChI=1S/C18H22N2O3/c21-17(20-10-4-7-16(20)18(22)23)13-19-11-8-15(9-12-19)14-5-2-1-3-6-14/h1-7,15-16H,8-13H2,(H,22,23)/t16-/m0/s1. The molecule has 2 heterocycles. The highest BCUT2D eigenvalue weighted by Crippen LogP contribution is 2.27. The number of amides is 1. The molecule has 5 nitrogen and oxygen atoms in total. The molecule has 3 rings (SSSR count). The first-order valence-corrected chi connectivity index (χ1v) is 8.11. The van der Waals surface area contributed by atoms with Crippen molar-refractivity contribution >= 4 is 11.9 Å². The Balaban J connectivity index is 1.51. The first-order chi connectivity index (χ1) is 11.1. The molecule has 1 atom stereocenters. The van der Waals surface area contributed by atoms with Gasteiger partial charge in [-0.05, 0) is 37.4 Å². The molecule has 0 unspecified atom stereocenters. The van der Waals surface area contributed by atoms with E-state index in [0.717, 1.165) is 25.9 Å². The Morgan fingerprint density at radius 3 is 2.48 bits per heavy atom. The van der Waals surface area contributed by atoms with Gasteiger partial charge in [0.1, 0.15) is 6.04 Å². The molecule has 0 spiro atoms. The molecular weight excluding hydrogens is 292 g/mol. The Kier molecular flexibility index (Phi) is 4.76. The monoisotopic (exact) mass is 314 g/mol. The van der Waals surface area contributed by atoms with Crippen molar-refractivity contribution in [2.75, 3.05) is 26.2 Å². The molecule has 1 saturated heterocycles. The summed E-state index contributed by atoms with van der Waals surface area (Å²) in [7, 11) is 0. The lowest BCUT2D eigenvalue weighted by molar-refractivity contribution is -0.147. The zero-order valence-corrected chi connectivity index (χ0v) is 13.1. The predicted molar refractivity (Wildman–Crippen MR) is 87.1 cm³/mol. The van der Waals surface area contributed by atoms with Crippen LogP contribution in [0.1, 0.15) is 24.3 Å². The van der Waals surface area contributed by atoms with E-state index in [4.69, 9.17) is 5.11 Å². The Hall–Kier alpha value is -2.14. The summed E-state index contributed by atoms with van der Waals surface area (Å²) in [6.45, 7) is 2.47. The van der Waals surface area contributed by atoms with Crippen molar-refractivity contribution in [1.29, 1.82) is 0 Å². The van der Waals surface area contributed by atoms with E-state index in [1.807, 2.05) is 6.07 Å². The number of carbonyl (C=O) groups is 2. The highest BCUT2D eigenvalue weighted by molar-refractivity contribution is 5.87. The lowest BCUT2D eigenvalue weighted by atomic mass is 9.89. The second kappa shape index (κ2) is 6.96. The number of nitrogens with zero attached hydrogens (tertiary/aromatic N) is 2. The maximum absolute atomic E-state index is 12.4. The van der Waals surface area contributed by atoms with E-state index in [1.165, 1.54) is 10.5 Å². The second-order valence-corrected chi connectivity index (χ2v) is 6.22. The van der Waals surface area contributed by atoms with Crippen LogP contribution in [-0.4, -0.2) is 59.0 Å². The number of piperidine rings is 1. The summed E-state index contributed by atoms with van der Waals surface area (Å²) in [5.74, 6) is -0.502. The first kappa shape index (κ1) is 15.7. The summed E-state index contributed by atoms with van der Waals surface area (Å²) in [6, 6.07) is 9.69. The molecule has 1 amide bonds. The smallest absolute Gasteiger partial charge is 0.330 e. The number of hydrogen-bond donors (Lipinski definition) is 1. The van der Waals surface area contributed by atoms with Gasteiger partial charge in [0.25, 0.3) is 0 Å². The van der Waals surface area contributed by atoms with Crippen LogP contribution in [0.25, 0.3) is 0 Å². The molecule has 0 radical (unpaired) electrons. The lowest BCUT2D eigenvalue weighted by Crippen LogP contribution is -2.47. The summed E-state index contributed by atoms with van der Waals surface area (Å²) in [6.07, 6.45) is 5.41. The number of rotatable bonds is 4. The maximum Gasteiger partial charge on any atom is 0.330 e. The van der Waals surface area contributed by atoms with Crippen molar-refractivity contribution in [2.24, 2.45) is 0 Å². The fraction of sp³-hybridized carbons (Fsp3) is 0.444. The normalized spacial score (nSPS) is 22.4. The Morgan fingerprint density at radius 2 is 1.83 bits per heavy atom. The number of carboxylic acids is 1. The van der Waals surface area contributed by atoms with E-state index in [-0.39, 0.29) is 5.91 Å². The summed E-state index contributed by atoms with van der Waals surface area (Å²) in [4.78, 5) is 27.1. The Labute approximate surface area is 136 Å².